The van der Waals surface area contributed by atoms with Gasteiger partial charge >= 0.3 is 6.36 Å². The number of halogens is 4. The topological polar surface area (TPSA) is 94.8 Å². The highest BCUT2D eigenvalue weighted by atomic mass is 35.5. The Hall–Kier alpha value is -3.64. The Kier molecular flexibility index (Phi) is 7.45. The Morgan fingerprint density at radius 2 is 1.78 bits per heavy atom. The van der Waals surface area contributed by atoms with Gasteiger partial charge in [-0.2, -0.15) is 0 Å². The summed E-state index contributed by atoms with van der Waals surface area (Å²) in [6, 6.07) is 13.5. The molecule has 0 atom stereocenters. The molecule has 0 aliphatic rings. The van der Waals surface area contributed by atoms with Crippen LogP contribution >= 0.6 is 23.4 Å². The van der Waals surface area contributed by atoms with Crippen molar-refractivity contribution < 1.29 is 22.7 Å². The highest BCUT2D eigenvalue weighted by Gasteiger charge is 2.31. The number of anilines is 1. The lowest BCUT2D eigenvalue weighted by Gasteiger charge is -2.11. The number of hydrogen-bond acceptors (Lipinski definition) is 7. The van der Waals surface area contributed by atoms with Gasteiger partial charge in [0.1, 0.15) is 5.75 Å². The molecule has 0 bridgehead atoms. The van der Waals surface area contributed by atoms with Crippen LogP contribution in [0.5, 0.6) is 5.75 Å². The maximum absolute atomic E-state index is 13.1. The number of nitrogens with one attached hydrogen (secondary N) is 1. The molecule has 0 saturated heterocycles. The van der Waals surface area contributed by atoms with Crippen LogP contribution in [0.4, 0.5) is 18.9 Å². The molecule has 0 saturated carbocycles. The van der Waals surface area contributed by atoms with E-state index in [-0.39, 0.29) is 17.2 Å². The van der Waals surface area contributed by atoms with Gasteiger partial charge in [0.2, 0.25) is 0 Å². The van der Waals surface area contributed by atoms with Crippen molar-refractivity contribution in [3.63, 3.8) is 0 Å². The van der Waals surface area contributed by atoms with Crippen molar-refractivity contribution in [2.75, 3.05) is 5.32 Å². The van der Waals surface area contributed by atoms with Gasteiger partial charge in [-0.05, 0) is 62.4 Å². The van der Waals surface area contributed by atoms with Crippen molar-refractivity contribution in [3.8, 4) is 11.4 Å². The molecule has 0 fully saturated rings. The van der Waals surface area contributed by atoms with E-state index < -0.39 is 12.3 Å². The van der Waals surface area contributed by atoms with E-state index in [1.54, 1.807) is 24.3 Å². The van der Waals surface area contributed by atoms with E-state index in [1.807, 2.05) is 19.9 Å². The van der Waals surface area contributed by atoms with Gasteiger partial charge in [-0.1, -0.05) is 34.6 Å². The van der Waals surface area contributed by atoms with Crippen LogP contribution in [0.1, 0.15) is 27.6 Å². The van der Waals surface area contributed by atoms with Crippen molar-refractivity contribution in [1.82, 2.24) is 25.0 Å². The predicted molar refractivity (Wildman–Crippen MR) is 129 cm³/mol. The van der Waals surface area contributed by atoms with Gasteiger partial charge in [-0.15, -0.1) is 18.3 Å². The summed E-state index contributed by atoms with van der Waals surface area (Å²) in [5, 5.41) is 11.8. The van der Waals surface area contributed by atoms with Crippen LogP contribution in [-0.4, -0.2) is 37.2 Å². The minimum Gasteiger partial charge on any atom is -0.406 e. The third kappa shape index (κ3) is 6.52. The molecule has 1 amide bonds. The van der Waals surface area contributed by atoms with Gasteiger partial charge in [0.25, 0.3) is 5.91 Å². The molecular weight excluding hydrogens is 517 g/mol. The minimum atomic E-state index is -4.81. The summed E-state index contributed by atoms with van der Waals surface area (Å²) in [6.07, 6.45) is -4.81. The van der Waals surface area contributed by atoms with E-state index in [4.69, 9.17) is 11.6 Å². The van der Waals surface area contributed by atoms with Gasteiger partial charge in [-0.25, -0.2) is 14.6 Å². The second kappa shape index (κ2) is 10.5. The summed E-state index contributed by atoms with van der Waals surface area (Å²) in [4.78, 5) is 21.9. The second-order valence-electron chi connectivity index (χ2n) is 7.52. The fourth-order valence-electron chi connectivity index (χ4n) is 3.25. The number of aromatic nitrogens is 5. The highest BCUT2D eigenvalue weighted by molar-refractivity contribution is 7.98. The first-order valence-corrected chi connectivity index (χ1v) is 11.8. The van der Waals surface area contributed by atoms with Crippen LogP contribution in [0.2, 0.25) is 5.02 Å². The molecule has 13 heteroatoms. The number of benzene rings is 2. The smallest absolute Gasteiger partial charge is 0.406 e. The first-order valence-electron chi connectivity index (χ1n) is 10.4. The molecule has 0 spiro atoms. The lowest BCUT2D eigenvalue weighted by molar-refractivity contribution is -0.274. The zero-order valence-electron chi connectivity index (χ0n) is 18.9. The molecule has 36 heavy (non-hydrogen) atoms. The van der Waals surface area contributed by atoms with Gasteiger partial charge in [0.05, 0.1) is 11.4 Å². The third-order valence-corrected chi connectivity index (χ3v) is 5.77. The standard InChI is InChI=1S/C23H18ClF3N6O2S/c1-13-10-14(2)29-22(28-13)36-12-19-20(21(34)30-16-5-3-4-15(24)11-16)31-32-33(19)17-6-8-18(9-7-17)35-23(25,26)27/h3-11H,12H2,1-2H3,(H,30,34). The molecule has 2 aromatic carbocycles. The molecular formula is C23H18ClF3N6O2S. The van der Waals surface area contributed by atoms with Crippen molar-refractivity contribution in [3.05, 3.63) is 82.4 Å². The molecule has 0 unspecified atom stereocenters. The van der Waals surface area contributed by atoms with Crippen LogP contribution < -0.4 is 10.1 Å². The number of nitrogens with zero attached hydrogens (tertiary/aromatic N) is 5. The van der Waals surface area contributed by atoms with E-state index >= 15 is 0 Å². The van der Waals surface area contributed by atoms with Gasteiger partial charge < -0.3 is 10.1 Å². The number of rotatable bonds is 7. The molecule has 8 nitrogen and oxygen atoms in total. The summed E-state index contributed by atoms with van der Waals surface area (Å²) in [6.45, 7) is 3.69. The summed E-state index contributed by atoms with van der Waals surface area (Å²) in [7, 11) is 0. The number of aryl methyl sites for hydroxylation is 2. The number of hydrogen-bond donors (Lipinski definition) is 1. The van der Waals surface area contributed by atoms with Crippen LogP contribution in [-0.2, 0) is 5.75 Å². The maximum Gasteiger partial charge on any atom is 0.573 e. The van der Waals surface area contributed by atoms with E-state index in [1.165, 1.54) is 28.6 Å². The number of thioether (sulfide) groups is 1. The lowest BCUT2D eigenvalue weighted by Crippen LogP contribution is -2.17. The van der Waals surface area contributed by atoms with Crippen molar-refractivity contribution >= 4 is 35.0 Å². The first-order chi connectivity index (χ1) is 17.1. The van der Waals surface area contributed by atoms with Gasteiger partial charge in [0, 0.05) is 27.9 Å². The van der Waals surface area contributed by atoms with Crippen molar-refractivity contribution in [1.29, 1.82) is 0 Å². The van der Waals surface area contributed by atoms with E-state index in [2.05, 4.69) is 30.3 Å². The number of alkyl halides is 3. The fraction of sp³-hybridized carbons (Fsp3) is 0.174. The van der Waals surface area contributed by atoms with Gasteiger partial charge in [-0.3, -0.25) is 4.79 Å². The number of ether oxygens (including phenoxy) is 1. The Balaban J connectivity index is 1.66. The molecule has 0 radical (unpaired) electrons. The van der Waals surface area contributed by atoms with Crippen molar-refractivity contribution in [2.24, 2.45) is 0 Å². The largest absolute Gasteiger partial charge is 0.573 e. The Morgan fingerprint density at radius 1 is 1.08 bits per heavy atom. The maximum atomic E-state index is 13.1. The highest BCUT2D eigenvalue weighted by Crippen LogP contribution is 2.27. The van der Waals surface area contributed by atoms with Crippen LogP contribution in [0.25, 0.3) is 5.69 Å². The Morgan fingerprint density at radius 3 is 2.42 bits per heavy atom. The van der Waals surface area contributed by atoms with Crippen LogP contribution in [0.3, 0.4) is 0 Å². The van der Waals surface area contributed by atoms with Crippen LogP contribution in [0.15, 0.2) is 59.8 Å². The molecule has 4 aromatic rings. The normalized spacial score (nSPS) is 11.4. The SMILES string of the molecule is Cc1cc(C)nc(SCc2c(C(=O)Nc3cccc(Cl)c3)nnn2-c2ccc(OC(F)(F)F)cc2)n1. The lowest BCUT2D eigenvalue weighted by atomic mass is 10.2. The molecule has 2 aromatic heterocycles. The molecule has 1 N–H and O–H groups in total. The summed E-state index contributed by atoms with van der Waals surface area (Å²) in [5.41, 5.74) is 2.85. The Bertz CT molecular complexity index is 1380. The van der Waals surface area contributed by atoms with Gasteiger partial charge in [0.15, 0.2) is 10.9 Å². The molecule has 4 rings (SSSR count). The first kappa shape index (κ1) is 25.5. The second-order valence-corrected chi connectivity index (χ2v) is 8.90. The molecule has 0 aliphatic heterocycles. The van der Waals surface area contributed by atoms with Crippen LogP contribution in [0, 0.1) is 13.8 Å². The summed E-state index contributed by atoms with van der Waals surface area (Å²) in [5.74, 6) is -0.711. The molecule has 0 aliphatic carbocycles. The fourth-order valence-corrected chi connectivity index (χ4v) is 4.38. The average molecular weight is 535 g/mol. The predicted octanol–water partition coefficient (Wildman–Crippen LogP) is 5.77. The molecule has 186 valence electrons. The van der Waals surface area contributed by atoms with E-state index in [0.717, 1.165) is 23.5 Å². The zero-order valence-corrected chi connectivity index (χ0v) is 20.4. The number of carbonyl (C=O) groups is 1. The van der Waals surface area contributed by atoms with Crippen molar-refractivity contribution in [2.45, 2.75) is 31.1 Å². The third-order valence-electron chi connectivity index (χ3n) is 4.68. The monoisotopic (exact) mass is 534 g/mol. The molecule has 2 heterocycles. The van der Waals surface area contributed by atoms with E-state index in [9.17, 15) is 18.0 Å². The minimum absolute atomic E-state index is 0.0301. The number of carbonyl (C=O) groups excluding carboxylic acids is 1. The zero-order chi connectivity index (χ0) is 25.9. The summed E-state index contributed by atoms with van der Waals surface area (Å²) >= 11 is 7.27. The average Bonchev–Trinajstić information content (AvgIpc) is 3.20. The quantitative estimate of drug-likeness (QED) is 0.237. The van der Waals surface area contributed by atoms with E-state index in [0.29, 0.717) is 27.2 Å². The summed E-state index contributed by atoms with van der Waals surface area (Å²) < 4.78 is 42.9. The number of amides is 1. The Labute approximate surface area is 212 Å².